The Morgan fingerprint density at radius 1 is 0.844 bits per heavy atom. The summed E-state index contributed by atoms with van der Waals surface area (Å²) in [6.07, 6.45) is 0. The van der Waals surface area contributed by atoms with Crippen LogP contribution < -0.4 is 10.3 Å². The molecular weight excluding hydrogens is 402 g/mol. The van der Waals surface area contributed by atoms with E-state index in [0.29, 0.717) is 18.8 Å². The maximum Gasteiger partial charge on any atom is 0.278 e. The summed E-state index contributed by atoms with van der Waals surface area (Å²) in [5.41, 5.74) is 2.27. The van der Waals surface area contributed by atoms with Crippen molar-refractivity contribution in [3.63, 3.8) is 0 Å². The van der Waals surface area contributed by atoms with Gasteiger partial charge in [0.05, 0.1) is 18.9 Å². The Hall–Kier alpha value is -4.19. The van der Waals surface area contributed by atoms with Crippen molar-refractivity contribution in [3.8, 4) is 11.4 Å². The largest absolute Gasteiger partial charge is 0.494 e. The van der Waals surface area contributed by atoms with Crippen molar-refractivity contribution < 1.29 is 9.53 Å². The Labute approximate surface area is 186 Å². The predicted molar refractivity (Wildman–Crippen MR) is 123 cm³/mol. The topological polar surface area (TPSA) is 64.4 Å². The lowest BCUT2D eigenvalue weighted by molar-refractivity contribution is 0.0718. The number of rotatable bonds is 7. The highest BCUT2D eigenvalue weighted by molar-refractivity contribution is 5.94. The monoisotopic (exact) mass is 425 g/mol. The Morgan fingerprint density at radius 3 is 1.84 bits per heavy atom. The molecule has 0 unspecified atom stereocenters. The lowest BCUT2D eigenvalue weighted by atomic mass is 10.1. The Morgan fingerprint density at radius 2 is 1.34 bits per heavy atom. The molecule has 1 aromatic heterocycles. The third-order valence-electron chi connectivity index (χ3n) is 5.04. The molecular formula is C26H23N3O3. The van der Waals surface area contributed by atoms with Gasteiger partial charge in [0.15, 0.2) is 11.4 Å². The van der Waals surface area contributed by atoms with Crippen LogP contribution in [0.5, 0.6) is 5.75 Å². The first kappa shape index (κ1) is 21.1. The minimum atomic E-state index is -0.373. The molecule has 0 atom stereocenters. The SMILES string of the molecule is COc1cc(=O)n(-c2ccccc2)nc1C(=O)N(Cc1ccccc1)Cc1ccccc1. The van der Waals surface area contributed by atoms with Crippen LogP contribution in [0.1, 0.15) is 21.6 Å². The van der Waals surface area contributed by atoms with Crippen molar-refractivity contribution in [1.29, 1.82) is 0 Å². The quantitative estimate of drug-likeness (QED) is 0.448. The summed E-state index contributed by atoms with van der Waals surface area (Å²) in [6, 6.07) is 29.8. The van der Waals surface area contributed by atoms with E-state index in [9.17, 15) is 9.59 Å². The smallest absolute Gasteiger partial charge is 0.278 e. The first-order chi connectivity index (χ1) is 15.7. The van der Waals surface area contributed by atoms with E-state index in [0.717, 1.165) is 11.1 Å². The number of hydrogen-bond donors (Lipinski definition) is 0. The molecule has 32 heavy (non-hydrogen) atoms. The molecule has 6 heteroatoms. The highest BCUT2D eigenvalue weighted by Crippen LogP contribution is 2.20. The molecule has 0 saturated heterocycles. The molecule has 1 heterocycles. The molecule has 0 saturated carbocycles. The van der Waals surface area contributed by atoms with Crippen molar-refractivity contribution in [3.05, 3.63) is 124 Å². The van der Waals surface area contributed by atoms with E-state index in [1.165, 1.54) is 17.9 Å². The maximum absolute atomic E-state index is 13.7. The Balaban J connectivity index is 1.76. The fourth-order valence-electron chi connectivity index (χ4n) is 3.46. The zero-order chi connectivity index (χ0) is 22.3. The molecule has 160 valence electrons. The van der Waals surface area contributed by atoms with E-state index in [1.807, 2.05) is 78.9 Å². The molecule has 4 rings (SSSR count). The standard InChI is InChI=1S/C26H23N3O3/c1-32-23-17-24(30)29(22-15-9-4-10-16-22)27-25(23)26(31)28(18-20-11-5-2-6-12-20)19-21-13-7-3-8-14-21/h2-17H,18-19H2,1H3. The minimum absolute atomic E-state index is 0.0859. The van der Waals surface area contributed by atoms with Crippen LogP contribution in [-0.2, 0) is 13.1 Å². The molecule has 0 aliphatic carbocycles. The van der Waals surface area contributed by atoms with Gasteiger partial charge in [-0.15, -0.1) is 0 Å². The second-order valence-electron chi connectivity index (χ2n) is 7.28. The number of nitrogens with zero attached hydrogens (tertiary/aromatic N) is 3. The summed E-state index contributed by atoms with van der Waals surface area (Å²) < 4.78 is 6.59. The summed E-state index contributed by atoms with van der Waals surface area (Å²) in [5.74, 6) is -0.169. The van der Waals surface area contributed by atoms with Gasteiger partial charge in [-0.2, -0.15) is 9.78 Å². The molecule has 0 fully saturated rings. The number of benzene rings is 3. The molecule has 0 radical (unpaired) electrons. The van der Waals surface area contributed by atoms with Crippen molar-refractivity contribution in [2.24, 2.45) is 0 Å². The van der Waals surface area contributed by atoms with Crippen LogP contribution in [0, 0.1) is 0 Å². The Kier molecular flexibility index (Phi) is 6.41. The predicted octanol–water partition coefficient (Wildman–Crippen LogP) is 4.08. The van der Waals surface area contributed by atoms with Crippen molar-refractivity contribution in [2.75, 3.05) is 7.11 Å². The maximum atomic E-state index is 13.7. The van der Waals surface area contributed by atoms with Crippen LogP contribution >= 0.6 is 0 Å². The molecule has 3 aromatic carbocycles. The summed E-state index contributed by atoms with van der Waals surface area (Å²) in [6.45, 7) is 0.785. The van der Waals surface area contributed by atoms with Gasteiger partial charge in [0.2, 0.25) is 0 Å². The van der Waals surface area contributed by atoms with Gasteiger partial charge < -0.3 is 9.64 Å². The third kappa shape index (κ3) is 4.75. The lowest BCUT2D eigenvalue weighted by Crippen LogP contribution is -2.33. The number of carbonyl (C=O) groups excluding carboxylic acids is 1. The van der Waals surface area contributed by atoms with E-state index >= 15 is 0 Å². The number of hydrogen-bond acceptors (Lipinski definition) is 4. The first-order valence-corrected chi connectivity index (χ1v) is 10.3. The average Bonchev–Trinajstić information content (AvgIpc) is 2.85. The van der Waals surface area contributed by atoms with E-state index in [-0.39, 0.29) is 22.9 Å². The number of methoxy groups -OCH3 is 1. The number of amides is 1. The summed E-state index contributed by atoms with van der Waals surface area (Å²) in [5, 5.41) is 4.41. The van der Waals surface area contributed by atoms with Crippen LogP contribution in [0.2, 0.25) is 0 Å². The number of para-hydroxylation sites is 1. The zero-order valence-electron chi connectivity index (χ0n) is 17.7. The van der Waals surface area contributed by atoms with Gasteiger partial charge in [0.25, 0.3) is 11.5 Å². The fraction of sp³-hybridized carbons (Fsp3) is 0.115. The van der Waals surface area contributed by atoms with Gasteiger partial charge >= 0.3 is 0 Å². The highest BCUT2D eigenvalue weighted by Gasteiger charge is 2.24. The van der Waals surface area contributed by atoms with E-state index in [1.54, 1.807) is 17.0 Å². The fourth-order valence-corrected chi connectivity index (χ4v) is 3.46. The Bertz CT molecular complexity index is 1200. The second kappa shape index (κ2) is 9.75. The second-order valence-corrected chi connectivity index (χ2v) is 7.28. The highest BCUT2D eigenvalue weighted by atomic mass is 16.5. The average molecular weight is 425 g/mol. The molecule has 0 aliphatic rings. The van der Waals surface area contributed by atoms with Crippen LogP contribution in [-0.4, -0.2) is 27.7 Å². The van der Waals surface area contributed by atoms with Crippen molar-refractivity contribution >= 4 is 5.91 Å². The minimum Gasteiger partial charge on any atom is -0.494 e. The van der Waals surface area contributed by atoms with Crippen LogP contribution in [0.25, 0.3) is 5.69 Å². The van der Waals surface area contributed by atoms with E-state index in [4.69, 9.17) is 4.74 Å². The number of carbonyl (C=O) groups is 1. The van der Waals surface area contributed by atoms with Crippen LogP contribution in [0.15, 0.2) is 102 Å². The van der Waals surface area contributed by atoms with E-state index < -0.39 is 0 Å². The van der Waals surface area contributed by atoms with Gasteiger partial charge in [0, 0.05) is 13.1 Å². The van der Waals surface area contributed by atoms with Gasteiger partial charge in [-0.05, 0) is 23.3 Å². The molecule has 0 aliphatic heterocycles. The molecule has 6 nitrogen and oxygen atoms in total. The van der Waals surface area contributed by atoms with Crippen molar-refractivity contribution in [2.45, 2.75) is 13.1 Å². The van der Waals surface area contributed by atoms with E-state index in [2.05, 4.69) is 5.10 Å². The normalized spacial score (nSPS) is 10.5. The van der Waals surface area contributed by atoms with Crippen LogP contribution in [0.4, 0.5) is 0 Å². The van der Waals surface area contributed by atoms with Gasteiger partial charge in [-0.25, -0.2) is 0 Å². The number of ether oxygens (including phenoxy) is 1. The third-order valence-corrected chi connectivity index (χ3v) is 5.04. The lowest BCUT2D eigenvalue weighted by Gasteiger charge is -2.24. The first-order valence-electron chi connectivity index (χ1n) is 10.3. The molecule has 0 bridgehead atoms. The summed E-state index contributed by atoms with van der Waals surface area (Å²) in [4.78, 5) is 28.0. The molecule has 0 N–H and O–H groups in total. The number of aromatic nitrogens is 2. The van der Waals surface area contributed by atoms with Gasteiger partial charge in [-0.1, -0.05) is 78.9 Å². The van der Waals surface area contributed by atoms with Crippen molar-refractivity contribution in [1.82, 2.24) is 14.7 Å². The zero-order valence-corrected chi connectivity index (χ0v) is 17.7. The molecule has 0 spiro atoms. The molecule has 4 aromatic rings. The van der Waals surface area contributed by atoms with Crippen LogP contribution in [0.3, 0.4) is 0 Å². The summed E-state index contributed by atoms with van der Waals surface area (Å²) in [7, 11) is 1.43. The summed E-state index contributed by atoms with van der Waals surface area (Å²) >= 11 is 0. The van der Waals surface area contributed by atoms with Gasteiger partial charge in [-0.3, -0.25) is 9.59 Å². The molecule has 1 amide bonds. The van der Waals surface area contributed by atoms with Gasteiger partial charge in [0.1, 0.15) is 0 Å².